The molecule has 2 rings (SSSR count). The molecule has 1 aromatic rings. The van der Waals surface area contributed by atoms with E-state index < -0.39 is 11.8 Å². The maximum atomic E-state index is 12.3. The van der Waals surface area contributed by atoms with E-state index >= 15 is 0 Å². The molecule has 7 heteroatoms. The number of amides is 3. The van der Waals surface area contributed by atoms with E-state index in [9.17, 15) is 14.4 Å². The van der Waals surface area contributed by atoms with E-state index in [1.54, 1.807) is 6.07 Å². The van der Waals surface area contributed by atoms with Crippen molar-refractivity contribution in [2.24, 2.45) is 17.4 Å². The largest absolute Gasteiger partial charge is 0.368 e. The zero-order chi connectivity index (χ0) is 15.6. The van der Waals surface area contributed by atoms with Gasteiger partial charge in [0.15, 0.2) is 0 Å². The number of primary amides is 2. The van der Waals surface area contributed by atoms with Gasteiger partial charge in [-0.15, -0.1) is 0 Å². The third-order valence-electron chi connectivity index (χ3n) is 3.39. The topological polar surface area (TPSA) is 106 Å². The predicted octanol–water partition coefficient (Wildman–Crippen LogP) is 0.243. The van der Waals surface area contributed by atoms with E-state index in [0.717, 1.165) is 10.5 Å². The second kappa shape index (κ2) is 6.13. The van der Waals surface area contributed by atoms with Crippen LogP contribution in [0.2, 0.25) is 5.02 Å². The van der Waals surface area contributed by atoms with Crippen LogP contribution in [0.5, 0.6) is 0 Å². The van der Waals surface area contributed by atoms with Crippen molar-refractivity contribution >= 4 is 29.3 Å². The third kappa shape index (κ3) is 3.95. The second-order valence-electron chi connectivity index (χ2n) is 5.13. The SMILES string of the molecule is NC(=O)CN(CC(N)=O)C(=O)C1CC1c1cccc(Cl)c1. The van der Waals surface area contributed by atoms with Crippen LogP contribution < -0.4 is 11.5 Å². The summed E-state index contributed by atoms with van der Waals surface area (Å²) in [4.78, 5) is 35.4. The van der Waals surface area contributed by atoms with Gasteiger partial charge in [0, 0.05) is 10.9 Å². The summed E-state index contributed by atoms with van der Waals surface area (Å²) in [5, 5.41) is 0.608. The van der Waals surface area contributed by atoms with E-state index in [-0.39, 0.29) is 30.8 Å². The smallest absolute Gasteiger partial charge is 0.237 e. The summed E-state index contributed by atoms with van der Waals surface area (Å²) in [6.45, 7) is -0.610. The number of carbonyl (C=O) groups excluding carboxylic acids is 3. The summed E-state index contributed by atoms with van der Waals surface area (Å²) < 4.78 is 0. The fourth-order valence-electron chi connectivity index (χ4n) is 2.40. The minimum atomic E-state index is -0.676. The average Bonchev–Trinajstić information content (AvgIpc) is 3.16. The summed E-state index contributed by atoms with van der Waals surface area (Å²) in [6, 6.07) is 7.29. The highest BCUT2D eigenvalue weighted by atomic mass is 35.5. The van der Waals surface area contributed by atoms with E-state index in [1.165, 1.54) is 0 Å². The van der Waals surface area contributed by atoms with E-state index in [2.05, 4.69) is 0 Å². The number of halogens is 1. The first kappa shape index (κ1) is 15.3. The molecule has 0 radical (unpaired) electrons. The molecule has 112 valence electrons. The lowest BCUT2D eigenvalue weighted by Crippen LogP contribution is -2.44. The maximum absolute atomic E-state index is 12.3. The predicted molar refractivity (Wildman–Crippen MR) is 77.3 cm³/mol. The molecule has 1 fully saturated rings. The Morgan fingerprint density at radius 3 is 2.33 bits per heavy atom. The van der Waals surface area contributed by atoms with Gasteiger partial charge in [0.05, 0.1) is 13.1 Å². The normalized spacial score (nSPS) is 19.9. The van der Waals surface area contributed by atoms with Crippen LogP contribution in [0.25, 0.3) is 0 Å². The van der Waals surface area contributed by atoms with Crippen molar-refractivity contribution < 1.29 is 14.4 Å². The summed E-state index contributed by atoms with van der Waals surface area (Å²) in [7, 11) is 0. The number of carbonyl (C=O) groups is 3. The molecule has 0 spiro atoms. The molecule has 3 amide bonds. The van der Waals surface area contributed by atoms with Crippen molar-refractivity contribution in [1.29, 1.82) is 0 Å². The summed E-state index contributed by atoms with van der Waals surface area (Å²) in [5.41, 5.74) is 11.2. The Balaban J connectivity index is 2.05. The highest BCUT2D eigenvalue weighted by Gasteiger charge is 2.46. The molecule has 0 bridgehead atoms. The Morgan fingerprint density at radius 2 is 1.81 bits per heavy atom. The van der Waals surface area contributed by atoms with Crippen LogP contribution in [-0.4, -0.2) is 35.7 Å². The van der Waals surface area contributed by atoms with Gasteiger partial charge in [-0.2, -0.15) is 0 Å². The van der Waals surface area contributed by atoms with Gasteiger partial charge < -0.3 is 16.4 Å². The molecule has 0 heterocycles. The van der Waals surface area contributed by atoms with Gasteiger partial charge in [0.2, 0.25) is 17.7 Å². The van der Waals surface area contributed by atoms with Crippen LogP contribution in [0, 0.1) is 5.92 Å². The molecule has 2 atom stereocenters. The van der Waals surface area contributed by atoms with Crippen molar-refractivity contribution in [3.05, 3.63) is 34.9 Å². The lowest BCUT2D eigenvalue weighted by Gasteiger charge is -2.19. The van der Waals surface area contributed by atoms with Gasteiger partial charge in [-0.1, -0.05) is 23.7 Å². The number of hydrogen-bond donors (Lipinski definition) is 2. The fourth-order valence-corrected chi connectivity index (χ4v) is 2.59. The van der Waals surface area contributed by atoms with Crippen LogP contribution in [0.4, 0.5) is 0 Å². The Kier molecular flexibility index (Phi) is 4.47. The number of rotatable bonds is 6. The third-order valence-corrected chi connectivity index (χ3v) is 3.62. The standard InChI is InChI=1S/C14H16ClN3O3/c15-9-3-1-2-8(4-9)10-5-11(10)14(21)18(6-12(16)19)7-13(17)20/h1-4,10-11H,5-7H2,(H2,16,19)(H2,17,20). The molecule has 0 saturated heterocycles. The van der Waals surface area contributed by atoms with Gasteiger partial charge in [-0.25, -0.2) is 0 Å². The highest BCUT2D eigenvalue weighted by molar-refractivity contribution is 6.30. The number of hydrogen-bond acceptors (Lipinski definition) is 3. The Hall–Kier alpha value is -2.08. The molecule has 6 nitrogen and oxygen atoms in total. The van der Waals surface area contributed by atoms with Gasteiger partial charge in [0.1, 0.15) is 0 Å². The Bertz CT molecular complexity index is 575. The van der Waals surface area contributed by atoms with Crippen LogP contribution >= 0.6 is 11.6 Å². The molecule has 1 aliphatic carbocycles. The lowest BCUT2D eigenvalue weighted by atomic mass is 10.1. The van der Waals surface area contributed by atoms with Crippen molar-refractivity contribution in [3.63, 3.8) is 0 Å². The minimum Gasteiger partial charge on any atom is -0.368 e. The van der Waals surface area contributed by atoms with Gasteiger partial charge in [-0.3, -0.25) is 14.4 Å². The first-order valence-electron chi connectivity index (χ1n) is 6.49. The summed E-state index contributed by atoms with van der Waals surface area (Å²) in [6.07, 6.45) is 0.660. The monoisotopic (exact) mass is 309 g/mol. The van der Waals surface area contributed by atoms with Crippen LogP contribution in [0.15, 0.2) is 24.3 Å². The molecule has 1 aliphatic rings. The Morgan fingerprint density at radius 1 is 1.19 bits per heavy atom. The lowest BCUT2D eigenvalue weighted by molar-refractivity contribution is -0.139. The molecule has 2 unspecified atom stereocenters. The summed E-state index contributed by atoms with van der Waals surface area (Å²) >= 11 is 5.93. The fraction of sp³-hybridized carbons (Fsp3) is 0.357. The van der Waals surface area contributed by atoms with Gasteiger partial charge >= 0.3 is 0 Å². The maximum Gasteiger partial charge on any atom is 0.237 e. The average molecular weight is 310 g/mol. The number of nitrogens with two attached hydrogens (primary N) is 2. The second-order valence-corrected chi connectivity index (χ2v) is 5.57. The quantitative estimate of drug-likeness (QED) is 0.786. The van der Waals surface area contributed by atoms with Crippen molar-refractivity contribution in [1.82, 2.24) is 4.90 Å². The number of nitrogens with zero attached hydrogens (tertiary/aromatic N) is 1. The molecule has 4 N–H and O–H groups in total. The Labute approximate surface area is 127 Å². The first-order chi connectivity index (χ1) is 9.88. The van der Waals surface area contributed by atoms with Gasteiger partial charge in [-0.05, 0) is 30.0 Å². The zero-order valence-electron chi connectivity index (χ0n) is 11.3. The van der Waals surface area contributed by atoms with Crippen molar-refractivity contribution in [3.8, 4) is 0 Å². The zero-order valence-corrected chi connectivity index (χ0v) is 12.0. The van der Waals surface area contributed by atoms with Crippen LogP contribution in [-0.2, 0) is 14.4 Å². The van der Waals surface area contributed by atoms with E-state index in [0.29, 0.717) is 11.4 Å². The molecule has 1 saturated carbocycles. The van der Waals surface area contributed by atoms with Crippen molar-refractivity contribution in [2.45, 2.75) is 12.3 Å². The molecular weight excluding hydrogens is 294 g/mol. The van der Waals surface area contributed by atoms with Crippen molar-refractivity contribution in [2.75, 3.05) is 13.1 Å². The van der Waals surface area contributed by atoms with E-state index in [1.807, 2.05) is 18.2 Å². The summed E-state index contributed by atoms with van der Waals surface area (Å²) in [5.74, 6) is -1.84. The first-order valence-corrected chi connectivity index (χ1v) is 6.87. The van der Waals surface area contributed by atoms with Crippen LogP contribution in [0.3, 0.4) is 0 Å². The van der Waals surface area contributed by atoms with Gasteiger partial charge in [0.25, 0.3) is 0 Å². The van der Waals surface area contributed by atoms with Crippen LogP contribution in [0.1, 0.15) is 17.9 Å². The molecule has 0 aromatic heterocycles. The number of benzene rings is 1. The molecular formula is C14H16ClN3O3. The molecule has 0 aliphatic heterocycles. The minimum absolute atomic E-state index is 0.0550. The molecule has 21 heavy (non-hydrogen) atoms. The molecule has 1 aromatic carbocycles. The highest BCUT2D eigenvalue weighted by Crippen LogP contribution is 2.48. The van der Waals surface area contributed by atoms with E-state index in [4.69, 9.17) is 23.1 Å².